The molecule has 0 bridgehead atoms. The van der Waals surface area contributed by atoms with Crippen molar-refractivity contribution >= 4 is 17.0 Å². The first kappa shape index (κ1) is 12.5. The van der Waals surface area contributed by atoms with Crippen molar-refractivity contribution in [3.63, 3.8) is 0 Å². The van der Waals surface area contributed by atoms with Gasteiger partial charge >= 0.3 is 5.97 Å². The van der Waals surface area contributed by atoms with Crippen molar-refractivity contribution in [3.8, 4) is 11.4 Å². The highest BCUT2D eigenvalue weighted by atomic mass is 16.4. The monoisotopic (exact) mass is 270 g/mol. The molecule has 3 rings (SSSR count). The maximum absolute atomic E-state index is 11.1. The number of carboxylic acid groups (broad SMARTS) is 1. The molecule has 102 valence electrons. The molecule has 2 aromatic heterocycles. The summed E-state index contributed by atoms with van der Waals surface area (Å²) in [5.41, 5.74) is 4.65. The van der Waals surface area contributed by atoms with Crippen LogP contribution in [0.5, 0.6) is 0 Å². The van der Waals surface area contributed by atoms with E-state index in [0.29, 0.717) is 5.82 Å². The van der Waals surface area contributed by atoms with Crippen molar-refractivity contribution in [3.05, 3.63) is 41.9 Å². The lowest BCUT2D eigenvalue weighted by atomic mass is 10.1. The summed E-state index contributed by atoms with van der Waals surface area (Å²) in [5.74, 6) is -0.284. The molecule has 1 aromatic carbocycles. The largest absolute Gasteiger partial charge is 0.480 e. The molecule has 0 atom stereocenters. The van der Waals surface area contributed by atoms with E-state index in [-0.39, 0.29) is 6.54 Å². The third kappa shape index (κ3) is 1.97. The fraction of sp³-hybridized carbons (Fsp3) is 0.200. The topological polar surface area (TPSA) is 68.3 Å². The van der Waals surface area contributed by atoms with Gasteiger partial charge in [0, 0.05) is 0 Å². The predicted molar refractivity (Wildman–Crippen MR) is 74.5 cm³/mol. The maximum atomic E-state index is 11.1. The number of fused-ring (bicyclic) bond motifs is 1. The molecule has 0 amide bonds. The van der Waals surface area contributed by atoms with Crippen LogP contribution < -0.4 is 0 Å². The van der Waals surface area contributed by atoms with Crippen molar-refractivity contribution in [2.24, 2.45) is 0 Å². The van der Waals surface area contributed by atoms with E-state index in [4.69, 9.17) is 9.52 Å². The van der Waals surface area contributed by atoms with Gasteiger partial charge in [0.05, 0.1) is 22.9 Å². The van der Waals surface area contributed by atoms with Crippen LogP contribution in [0, 0.1) is 13.8 Å². The van der Waals surface area contributed by atoms with Gasteiger partial charge in [0.2, 0.25) is 0 Å². The summed E-state index contributed by atoms with van der Waals surface area (Å²) in [6, 6.07) is 5.73. The van der Waals surface area contributed by atoms with Crippen LogP contribution in [0.4, 0.5) is 0 Å². The van der Waals surface area contributed by atoms with Crippen molar-refractivity contribution < 1.29 is 14.3 Å². The van der Waals surface area contributed by atoms with Gasteiger partial charge in [-0.05, 0) is 43.2 Å². The van der Waals surface area contributed by atoms with Crippen LogP contribution in [0.3, 0.4) is 0 Å². The first-order valence-electron chi connectivity index (χ1n) is 6.28. The third-order valence-corrected chi connectivity index (χ3v) is 3.44. The maximum Gasteiger partial charge on any atom is 0.323 e. The van der Waals surface area contributed by atoms with Gasteiger partial charge < -0.3 is 14.1 Å². The van der Waals surface area contributed by atoms with Gasteiger partial charge in [-0.1, -0.05) is 0 Å². The van der Waals surface area contributed by atoms with Crippen molar-refractivity contribution in [2.45, 2.75) is 20.4 Å². The van der Waals surface area contributed by atoms with Gasteiger partial charge in [-0.3, -0.25) is 4.79 Å². The summed E-state index contributed by atoms with van der Waals surface area (Å²) in [4.78, 5) is 15.7. The van der Waals surface area contributed by atoms with E-state index in [0.717, 1.165) is 27.7 Å². The number of nitrogens with zero attached hydrogens (tertiary/aromatic N) is 2. The second-order valence-corrected chi connectivity index (χ2v) is 4.85. The highest BCUT2D eigenvalue weighted by Gasteiger charge is 2.16. The zero-order chi connectivity index (χ0) is 14.3. The van der Waals surface area contributed by atoms with Crippen LogP contribution in [-0.4, -0.2) is 20.6 Å². The van der Waals surface area contributed by atoms with E-state index in [9.17, 15) is 4.79 Å². The predicted octanol–water partition coefficient (Wildman–Crippen LogP) is 3.00. The molecule has 0 aliphatic heterocycles. The molecule has 0 aliphatic carbocycles. The fourth-order valence-corrected chi connectivity index (χ4v) is 2.29. The van der Waals surface area contributed by atoms with E-state index < -0.39 is 5.97 Å². The summed E-state index contributed by atoms with van der Waals surface area (Å²) < 4.78 is 6.77. The van der Waals surface area contributed by atoms with Crippen molar-refractivity contribution in [1.29, 1.82) is 0 Å². The summed E-state index contributed by atoms with van der Waals surface area (Å²) in [6.45, 7) is 3.90. The number of aliphatic carboxylic acids is 1. The van der Waals surface area contributed by atoms with Gasteiger partial charge in [-0.25, -0.2) is 4.98 Å². The van der Waals surface area contributed by atoms with Crippen LogP contribution in [0.1, 0.15) is 11.1 Å². The summed E-state index contributed by atoms with van der Waals surface area (Å²) >= 11 is 0. The van der Waals surface area contributed by atoms with Gasteiger partial charge in [0.1, 0.15) is 18.6 Å². The standard InChI is InChI=1S/C15H14N2O3/c1-9-5-12-13(6-10(9)2)17(7-14(18)19)15(16-12)11-3-4-20-8-11/h3-6,8H,7H2,1-2H3,(H,18,19). The molecule has 0 radical (unpaired) electrons. The smallest absolute Gasteiger partial charge is 0.323 e. The Labute approximate surface area is 115 Å². The molecule has 5 heteroatoms. The Bertz CT molecular complexity index is 785. The van der Waals surface area contributed by atoms with Gasteiger partial charge in [0.15, 0.2) is 0 Å². The normalized spacial score (nSPS) is 11.1. The Kier molecular flexibility index (Phi) is 2.82. The third-order valence-electron chi connectivity index (χ3n) is 3.44. The molecule has 5 nitrogen and oxygen atoms in total. The average molecular weight is 270 g/mol. The van der Waals surface area contributed by atoms with E-state index in [2.05, 4.69) is 4.98 Å². The van der Waals surface area contributed by atoms with Crippen molar-refractivity contribution in [1.82, 2.24) is 9.55 Å². The minimum Gasteiger partial charge on any atom is -0.480 e. The molecular weight excluding hydrogens is 256 g/mol. The Hall–Kier alpha value is -2.56. The molecule has 2 heterocycles. The van der Waals surface area contributed by atoms with Crippen LogP contribution >= 0.6 is 0 Å². The number of aromatic nitrogens is 2. The number of furan rings is 1. The zero-order valence-electron chi connectivity index (χ0n) is 11.3. The summed E-state index contributed by atoms with van der Waals surface area (Å²) in [6.07, 6.45) is 3.12. The molecule has 0 saturated heterocycles. The second kappa shape index (κ2) is 4.52. The Morgan fingerprint density at radius 1 is 1.35 bits per heavy atom. The summed E-state index contributed by atoms with van der Waals surface area (Å²) in [7, 11) is 0. The van der Waals surface area contributed by atoms with E-state index >= 15 is 0 Å². The molecule has 0 fully saturated rings. The number of carboxylic acids is 1. The molecule has 0 unspecified atom stereocenters. The first-order chi connectivity index (χ1) is 9.56. The Morgan fingerprint density at radius 2 is 2.10 bits per heavy atom. The number of imidazole rings is 1. The van der Waals surface area contributed by atoms with E-state index in [1.165, 1.54) is 0 Å². The van der Waals surface area contributed by atoms with Crippen LogP contribution in [0.25, 0.3) is 22.4 Å². The number of aryl methyl sites for hydroxylation is 2. The van der Waals surface area contributed by atoms with Crippen LogP contribution in [0.15, 0.2) is 35.1 Å². The molecule has 20 heavy (non-hydrogen) atoms. The van der Waals surface area contributed by atoms with Gasteiger partial charge in [-0.15, -0.1) is 0 Å². The fourth-order valence-electron chi connectivity index (χ4n) is 2.29. The molecule has 1 N–H and O–H groups in total. The number of benzene rings is 1. The lowest BCUT2D eigenvalue weighted by Gasteiger charge is -2.06. The SMILES string of the molecule is Cc1cc2nc(-c3ccoc3)n(CC(=O)O)c2cc1C. The van der Waals surface area contributed by atoms with Crippen molar-refractivity contribution in [2.75, 3.05) is 0 Å². The quantitative estimate of drug-likeness (QED) is 0.794. The lowest BCUT2D eigenvalue weighted by Crippen LogP contribution is -2.09. The highest BCUT2D eigenvalue weighted by molar-refractivity contribution is 5.84. The van der Waals surface area contributed by atoms with Crippen LogP contribution in [0.2, 0.25) is 0 Å². The lowest BCUT2D eigenvalue weighted by molar-refractivity contribution is -0.137. The minimum atomic E-state index is -0.896. The molecule has 0 spiro atoms. The first-order valence-corrected chi connectivity index (χ1v) is 6.28. The molecule has 3 aromatic rings. The minimum absolute atomic E-state index is 0.125. The molecule has 0 saturated carbocycles. The number of hydrogen-bond donors (Lipinski definition) is 1. The Morgan fingerprint density at radius 3 is 2.75 bits per heavy atom. The Balaban J connectivity index is 2.30. The number of rotatable bonds is 3. The average Bonchev–Trinajstić information content (AvgIpc) is 2.99. The number of hydrogen-bond acceptors (Lipinski definition) is 3. The zero-order valence-corrected chi connectivity index (χ0v) is 11.3. The molecule has 0 aliphatic rings. The van der Waals surface area contributed by atoms with E-state index in [1.807, 2.05) is 26.0 Å². The van der Waals surface area contributed by atoms with Gasteiger partial charge in [-0.2, -0.15) is 0 Å². The summed E-state index contributed by atoms with van der Waals surface area (Å²) in [5, 5.41) is 9.12. The van der Waals surface area contributed by atoms with Gasteiger partial charge in [0.25, 0.3) is 0 Å². The second-order valence-electron chi connectivity index (χ2n) is 4.85. The highest BCUT2D eigenvalue weighted by Crippen LogP contribution is 2.27. The molecular formula is C15H14N2O3. The van der Waals surface area contributed by atoms with Crippen LogP contribution in [-0.2, 0) is 11.3 Å². The number of carbonyl (C=O) groups is 1. The van der Waals surface area contributed by atoms with E-state index in [1.54, 1.807) is 23.2 Å².